The fourth-order valence-corrected chi connectivity index (χ4v) is 3.23. The van der Waals surface area contributed by atoms with Crippen molar-refractivity contribution >= 4 is 34.2 Å². The molecule has 0 amide bonds. The molecule has 4 heteroatoms. The van der Waals surface area contributed by atoms with E-state index in [4.69, 9.17) is 16.3 Å². The molecule has 0 bridgehead atoms. The molecule has 0 saturated heterocycles. The van der Waals surface area contributed by atoms with Crippen molar-refractivity contribution in [1.29, 1.82) is 0 Å². The molecule has 2 aromatic carbocycles. The van der Waals surface area contributed by atoms with Crippen LogP contribution in [0.4, 0.5) is 0 Å². The third-order valence-electron chi connectivity index (χ3n) is 3.37. The summed E-state index contributed by atoms with van der Waals surface area (Å²) in [6, 6.07) is 12.3. The van der Waals surface area contributed by atoms with Crippen molar-refractivity contribution in [3.05, 3.63) is 61.7 Å². The average molecular weight is 416 g/mol. The van der Waals surface area contributed by atoms with Gasteiger partial charge in [0.1, 0.15) is 5.75 Å². The number of halogens is 2. The maximum atomic E-state index is 6.19. The molecule has 2 nitrogen and oxygen atoms in total. The number of aryl methyl sites for hydroxylation is 1. The molecule has 0 fully saturated rings. The van der Waals surface area contributed by atoms with Crippen molar-refractivity contribution in [3.63, 3.8) is 0 Å². The van der Waals surface area contributed by atoms with Crippen molar-refractivity contribution in [2.45, 2.75) is 19.9 Å². The Hall–Kier alpha value is -0.780. The Balaban J connectivity index is 2.58. The second-order valence-electron chi connectivity index (χ2n) is 4.90. The number of hydrogen-bond donors (Lipinski definition) is 1. The molecule has 0 radical (unpaired) electrons. The van der Waals surface area contributed by atoms with Gasteiger partial charge in [0, 0.05) is 14.2 Å². The van der Waals surface area contributed by atoms with E-state index < -0.39 is 0 Å². The second kappa shape index (κ2) is 7.47. The number of ether oxygens (including phenoxy) is 1. The Morgan fingerprint density at radius 1 is 1.19 bits per heavy atom. The normalized spacial score (nSPS) is 12.2. The van der Waals surface area contributed by atoms with Crippen LogP contribution in [0.15, 0.2) is 36.4 Å². The third-order valence-corrected chi connectivity index (χ3v) is 4.59. The minimum Gasteiger partial charge on any atom is -0.496 e. The summed E-state index contributed by atoms with van der Waals surface area (Å²) in [6.45, 7) is 5.06. The summed E-state index contributed by atoms with van der Waals surface area (Å²) in [7, 11) is 1.71. The summed E-state index contributed by atoms with van der Waals surface area (Å²) >= 11 is 8.54. The average Bonchev–Trinajstić information content (AvgIpc) is 2.47. The van der Waals surface area contributed by atoms with Crippen LogP contribution < -0.4 is 10.1 Å². The Morgan fingerprint density at radius 2 is 1.95 bits per heavy atom. The predicted octanol–water partition coefficient (Wildman–Crippen LogP) is 4.96. The molecule has 0 aromatic heterocycles. The minimum absolute atomic E-state index is 0.0652. The number of benzene rings is 2. The van der Waals surface area contributed by atoms with E-state index in [-0.39, 0.29) is 6.04 Å². The highest BCUT2D eigenvalue weighted by Crippen LogP contribution is 2.34. The van der Waals surface area contributed by atoms with Crippen LogP contribution in [-0.2, 0) is 0 Å². The molecule has 0 aliphatic rings. The van der Waals surface area contributed by atoms with Crippen LogP contribution in [0.5, 0.6) is 5.75 Å². The number of nitrogens with one attached hydrogen (secondary N) is 1. The van der Waals surface area contributed by atoms with Crippen LogP contribution in [0.25, 0.3) is 0 Å². The highest BCUT2D eigenvalue weighted by atomic mass is 127. The number of rotatable bonds is 5. The van der Waals surface area contributed by atoms with Gasteiger partial charge in [0.2, 0.25) is 0 Å². The fourth-order valence-electron chi connectivity index (χ4n) is 2.41. The first-order valence-electron chi connectivity index (χ1n) is 6.89. The van der Waals surface area contributed by atoms with Crippen LogP contribution in [0.3, 0.4) is 0 Å². The topological polar surface area (TPSA) is 21.3 Å². The molecule has 1 atom stereocenters. The molecular weight excluding hydrogens is 397 g/mol. The molecule has 0 saturated carbocycles. The third kappa shape index (κ3) is 3.90. The van der Waals surface area contributed by atoms with Gasteiger partial charge in [-0.3, -0.25) is 0 Å². The molecule has 2 rings (SSSR count). The zero-order chi connectivity index (χ0) is 15.4. The lowest BCUT2D eigenvalue weighted by Crippen LogP contribution is -2.23. The van der Waals surface area contributed by atoms with Gasteiger partial charge in [-0.05, 0) is 65.9 Å². The van der Waals surface area contributed by atoms with Crippen LogP contribution in [-0.4, -0.2) is 13.7 Å². The van der Waals surface area contributed by atoms with Gasteiger partial charge in [0.05, 0.1) is 13.2 Å². The van der Waals surface area contributed by atoms with Crippen molar-refractivity contribution in [2.24, 2.45) is 0 Å². The summed E-state index contributed by atoms with van der Waals surface area (Å²) < 4.78 is 6.73. The largest absolute Gasteiger partial charge is 0.496 e. The van der Waals surface area contributed by atoms with E-state index in [9.17, 15) is 0 Å². The van der Waals surface area contributed by atoms with E-state index in [1.54, 1.807) is 7.11 Å². The van der Waals surface area contributed by atoms with Crippen molar-refractivity contribution in [3.8, 4) is 5.75 Å². The fraction of sp³-hybridized carbons (Fsp3) is 0.294. The molecule has 1 unspecified atom stereocenters. The first kappa shape index (κ1) is 16.6. The molecule has 21 heavy (non-hydrogen) atoms. The summed E-state index contributed by atoms with van der Waals surface area (Å²) in [4.78, 5) is 0. The second-order valence-corrected chi connectivity index (χ2v) is 6.50. The molecular formula is C17H19ClINO. The molecule has 2 aromatic rings. The first-order chi connectivity index (χ1) is 10.1. The van der Waals surface area contributed by atoms with E-state index in [2.05, 4.69) is 53.9 Å². The standard InChI is InChI=1S/C17H19ClINO/c1-4-20-17(13-10-12(18)6-7-15(13)19)14-9-11(2)5-8-16(14)21-3/h5-10,17,20H,4H2,1-3H3. The van der Waals surface area contributed by atoms with Gasteiger partial charge < -0.3 is 10.1 Å². The van der Waals surface area contributed by atoms with E-state index >= 15 is 0 Å². The predicted molar refractivity (Wildman–Crippen MR) is 97.4 cm³/mol. The molecule has 0 aliphatic heterocycles. The maximum Gasteiger partial charge on any atom is 0.124 e. The van der Waals surface area contributed by atoms with Crippen LogP contribution in [0.2, 0.25) is 5.02 Å². The zero-order valence-corrected chi connectivity index (χ0v) is 15.3. The van der Waals surface area contributed by atoms with E-state index in [0.29, 0.717) is 0 Å². The summed E-state index contributed by atoms with van der Waals surface area (Å²) in [6.07, 6.45) is 0. The monoisotopic (exact) mass is 415 g/mol. The Morgan fingerprint density at radius 3 is 2.62 bits per heavy atom. The van der Waals surface area contributed by atoms with Crippen molar-refractivity contribution in [1.82, 2.24) is 5.32 Å². The van der Waals surface area contributed by atoms with Gasteiger partial charge in [-0.1, -0.05) is 36.2 Å². The minimum atomic E-state index is 0.0652. The Bertz CT molecular complexity index is 630. The first-order valence-corrected chi connectivity index (χ1v) is 8.35. The molecule has 0 heterocycles. The van der Waals surface area contributed by atoms with E-state index in [1.807, 2.05) is 24.3 Å². The van der Waals surface area contributed by atoms with Gasteiger partial charge in [-0.15, -0.1) is 0 Å². The highest BCUT2D eigenvalue weighted by molar-refractivity contribution is 14.1. The Kier molecular flexibility index (Phi) is 5.90. The van der Waals surface area contributed by atoms with E-state index in [0.717, 1.165) is 22.9 Å². The van der Waals surface area contributed by atoms with E-state index in [1.165, 1.54) is 14.7 Å². The lowest BCUT2D eigenvalue weighted by Gasteiger charge is -2.23. The quantitative estimate of drug-likeness (QED) is 0.697. The van der Waals surface area contributed by atoms with Gasteiger partial charge in [-0.25, -0.2) is 0 Å². The van der Waals surface area contributed by atoms with Gasteiger partial charge >= 0.3 is 0 Å². The van der Waals surface area contributed by atoms with Crippen molar-refractivity contribution in [2.75, 3.05) is 13.7 Å². The van der Waals surface area contributed by atoms with Crippen LogP contribution in [0, 0.1) is 10.5 Å². The smallest absolute Gasteiger partial charge is 0.124 e. The zero-order valence-electron chi connectivity index (χ0n) is 12.4. The molecule has 0 aliphatic carbocycles. The maximum absolute atomic E-state index is 6.19. The lowest BCUT2D eigenvalue weighted by molar-refractivity contribution is 0.404. The summed E-state index contributed by atoms with van der Waals surface area (Å²) in [5.41, 5.74) is 3.53. The van der Waals surface area contributed by atoms with Crippen LogP contribution >= 0.6 is 34.2 Å². The molecule has 1 N–H and O–H groups in total. The van der Waals surface area contributed by atoms with Crippen LogP contribution in [0.1, 0.15) is 29.7 Å². The Labute approximate surface area is 145 Å². The lowest BCUT2D eigenvalue weighted by atomic mass is 9.96. The highest BCUT2D eigenvalue weighted by Gasteiger charge is 2.20. The molecule has 0 spiro atoms. The number of methoxy groups -OCH3 is 1. The van der Waals surface area contributed by atoms with Gasteiger partial charge in [0.15, 0.2) is 0 Å². The SMILES string of the molecule is CCNC(c1cc(Cl)ccc1I)c1cc(C)ccc1OC. The molecule has 112 valence electrons. The summed E-state index contributed by atoms with van der Waals surface area (Å²) in [5.74, 6) is 0.891. The van der Waals surface area contributed by atoms with Gasteiger partial charge in [-0.2, -0.15) is 0 Å². The van der Waals surface area contributed by atoms with Gasteiger partial charge in [0.25, 0.3) is 0 Å². The van der Waals surface area contributed by atoms with Crippen molar-refractivity contribution < 1.29 is 4.74 Å². The number of hydrogen-bond acceptors (Lipinski definition) is 2. The summed E-state index contributed by atoms with van der Waals surface area (Å²) in [5, 5.41) is 4.29.